The van der Waals surface area contributed by atoms with Crippen LogP contribution in [0.5, 0.6) is 0 Å². The molecule has 3 unspecified atom stereocenters. The molecule has 5 heteroatoms. The fourth-order valence-electron chi connectivity index (χ4n) is 3.41. The van der Waals surface area contributed by atoms with E-state index in [2.05, 4.69) is 30.3 Å². The molecule has 0 aromatic carbocycles. The Bertz CT molecular complexity index is 448. The van der Waals surface area contributed by atoms with E-state index in [4.69, 9.17) is 9.72 Å². The molecule has 2 aliphatic rings. The first-order valence-corrected chi connectivity index (χ1v) is 9.18. The summed E-state index contributed by atoms with van der Waals surface area (Å²) in [6, 6.07) is 0.949. The van der Waals surface area contributed by atoms with E-state index >= 15 is 0 Å². The molecule has 2 heterocycles. The molecule has 21 heavy (non-hydrogen) atoms. The second-order valence-electron chi connectivity index (χ2n) is 6.18. The van der Waals surface area contributed by atoms with Crippen LogP contribution in [0.15, 0.2) is 6.20 Å². The van der Waals surface area contributed by atoms with E-state index in [1.807, 2.05) is 11.3 Å². The fourth-order valence-corrected chi connectivity index (χ4v) is 4.43. The zero-order valence-corrected chi connectivity index (χ0v) is 14.0. The number of anilines is 1. The van der Waals surface area contributed by atoms with Gasteiger partial charge in [0.25, 0.3) is 0 Å². The molecule has 1 aromatic rings. The zero-order chi connectivity index (χ0) is 14.7. The summed E-state index contributed by atoms with van der Waals surface area (Å²) in [6.45, 7) is 7.34. The summed E-state index contributed by atoms with van der Waals surface area (Å²) in [4.78, 5) is 8.56. The molecule has 3 atom stereocenters. The highest BCUT2D eigenvalue weighted by Crippen LogP contribution is 2.35. The Kier molecular flexibility index (Phi) is 5.14. The first-order valence-electron chi connectivity index (χ1n) is 8.37. The van der Waals surface area contributed by atoms with Crippen molar-refractivity contribution in [2.24, 2.45) is 0 Å². The third-order valence-corrected chi connectivity index (χ3v) is 5.83. The largest absolute Gasteiger partial charge is 0.374 e. The predicted molar refractivity (Wildman–Crippen MR) is 88.2 cm³/mol. The maximum absolute atomic E-state index is 5.96. The van der Waals surface area contributed by atoms with Crippen molar-refractivity contribution in [1.82, 2.24) is 10.3 Å². The average Bonchev–Trinajstić information content (AvgIpc) is 3.02. The number of rotatable bonds is 5. The Labute approximate surface area is 131 Å². The molecule has 2 fully saturated rings. The predicted octanol–water partition coefficient (Wildman–Crippen LogP) is 3.35. The van der Waals surface area contributed by atoms with Crippen molar-refractivity contribution < 1.29 is 4.74 Å². The van der Waals surface area contributed by atoms with Gasteiger partial charge < -0.3 is 15.0 Å². The second kappa shape index (κ2) is 7.07. The van der Waals surface area contributed by atoms with Crippen LogP contribution in [0, 0.1) is 0 Å². The SMILES string of the molecule is CCCNC(C)c1cnc(N2CCOC3CCCCC32)s1. The summed E-state index contributed by atoms with van der Waals surface area (Å²) < 4.78 is 5.96. The minimum Gasteiger partial charge on any atom is -0.374 e. The molecule has 118 valence electrons. The summed E-state index contributed by atoms with van der Waals surface area (Å²) >= 11 is 1.85. The summed E-state index contributed by atoms with van der Waals surface area (Å²) in [7, 11) is 0. The normalized spacial score (nSPS) is 27.4. The first-order chi connectivity index (χ1) is 10.3. The highest BCUT2D eigenvalue weighted by Gasteiger charge is 2.35. The van der Waals surface area contributed by atoms with Gasteiger partial charge in [-0.1, -0.05) is 19.8 Å². The molecule has 0 amide bonds. The van der Waals surface area contributed by atoms with Crippen LogP contribution in [0.2, 0.25) is 0 Å². The van der Waals surface area contributed by atoms with Gasteiger partial charge in [-0.3, -0.25) is 0 Å². The monoisotopic (exact) mass is 309 g/mol. The van der Waals surface area contributed by atoms with E-state index in [-0.39, 0.29) is 0 Å². The van der Waals surface area contributed by atoms with Crippen LogP contribution >= 0.6 is 11.3 Å². The average molecular weight is 309 g/mol. The lowest BCUT2D eigenvalue weighted by molar-refractivity contribution is -0.00868. The van der Waals surface area contributed by atoms with Crippen molar-refractivity contribution in [3.63, 3.8) is 0 Å². The van der Waals surface area contributed by atoms with Gasteiger partial charge in [0.05, 0.1) is 18.8 Å². The molecule has 1 saturated heterocycles. The van der Waals surface area contributed by atoms with Gasteiger partial charge in [0.1, 0.15) is 0 Å². The standard InChI is InChI=1S/C16H27N3OS/c1-3-8-17-12(2)15-11-18-16(21-15)19-9-10-20-14-7-5-4-6-13(14)19/h11-14,17H,3-10H2,1-2H3. The molecule has 3 rings (SSSR count). The van der Waals surface area contributed by atoms with Crippen molar-refractivity contribution in [1.29, 1.82) is 0 Å². The molecule has 0 bridgehead atoms. The molecule has 4 nitrogen and oxygen atoms in total. The Balaban J connectivity index is 1.69. The molecule has 1 aliphatic heterocycles. The lowest BCUT2D eigenvalue weighted by Gasteiger charge is -2.43. The van der Waals surface area contributed by atoms with Gasteiger partial charge in [-0.15, -0.1) is 11.3 Å². The third-order valence-electron chi connectivity index (χ3n) is 4.62. The number of morpholine rings is 1. The van der Waals surface area contributed by atoms with Crippen molar-refractivity contribution >= 4 is 16.5 Å². The fraction of sp³-hybridized carbons (Fsp3) is 0.812. The van der Waals surface area contributed by atoms with Gasteiger partial charge in [0, 0.05) is 23.7 Å². The Hall–Kier alpha value is -0.650. The number of thiazole rings is 1. The van der Waals surface area contributed by atoms with E-state index < -0.39 is 0 Å². The Morgan fingerprint density at radius 2 is 2.33 bits per heavy atom. The van der Waals surface area contributed by atoms with Gasteiger partial charge in [0.15, 0.2) is 5.13 Å². The molecule has 1 aromatic heterocycles. The van der Waals surface area contributed by atoms with Crippen LogP contribution in [-0.2, 0) is 4.74 Å². The molecular formula is C16H27N3OS. The lowest BCUT2D eigenvalue weighted by Crippen LogP contribution is -2.52. The van der Waals surface area contributed by atoms with E-state index in [0.717, 1.165) is 19.7 Å². The number of hydrogen-bond donors (Lipinski definition) is 1. The lowest BCUT2D eigenvalue weighted by atomic mass is 9.90. The van der Waals surface area contributed by atoms with Crippen LogP contribution in [0.4, 0.5) is 5.13 Å². The van der Waals surface area contributed by atoms with Gasteiger partial charge in [-0.2, -0.15) is 0 Å². The van der Waals surface area contributed by atoms with Crippen molar-refractivity contribution in [2.45, 2.75) is 64.1 Å². The van der Waals surface area contributed by atoms with Gasteiger partial charge in [-0.05, 0) is 32.7 Å². The number of nitrogens with one attached hydrogen (secondary N) is 1. The van der Waals surface area contributed by atoms with Crippen molar-refractivity contribution in [3.05, 3.63) is 11.1 Å². The zero-order valence-electron chi connectivity index (χ0n) is 13.2. The van der Waals surface area contributed by atoms with E-state index in [1.165, 1.54) is 42.1 Å². The molecular weight excluding hydrogens is 282 g/mol. The minimum atomic E-state index is 0.402. The first kappa shape index (κ1) is 15.3. The summed E-state index contributed by atoms with van der Waals surface area (Å²) in [5, 5.41) is 4.74. The van der Waals surface area contributed by atoms with Crippen LogP contribution in [0.25, 0.3) is 0 Å². The number of ether oxygens (including phenoxy) is 1. The Morgan fingerprint density at radius 1 is 1.48 bits per heavy atom. The highest BCUT2D eigenvalue weighted by atomic mass is 32.1. The Morgan fingerprint density at radius 3 is 3.19 bits per heavy atom. The topological polar surface area (TPSA) is 37.4 Å². The number of nitrogens with zero attached hydrogens (tertiary/aromatic N) is 2. The van der Waals surface area contributed by atoms with Crippen LogP contribution in [-0.4, -0.2) is 36.8 Å². The van der Waals surface area contributed by atoms with Crippen molar-refractivity contribution in [2.75, 3.05) is 24.6 Å². The van der Waals surface area contributed by atoms with E-state index in [1.54, 1.807) is 0 Å². The van der Waals surface area contributed by atoms with Gasteiger partial charge in [-0.25, -0.2) is 4.98 Å². The molecule has 1 saturated carbocycles. The quantitative estimate of drug-likeness (QED) is 0.905. The molecule has 0 radical (unpaired) electrons. The summed E-state index contributed by atoms with van der Waals surface area (Å²) in [6.07, 6.45) is 8.76. The number of hydrogen-bond acceptors (Lipinski definition) is 5. The third kappa shape index (κ3) is 3.41. The molecule has 1 N–H and O–H groups in total. The highest BCUT2D eigenvalue weighted by molar-refractivity contribution is 7.15. The van der Waals surface area contributed by atoms with E-state index in [0.29, 0.717) is 18.2 Å². The number of aromatic nitrogens is 1. The van der Waals surface area contributed by atoms with Crippen LogP contribution in [0.1, 0.15) is 56.9 Å². The van der Waals surface area contributed by atoms with E-state index in [9.17, 15) is 0 Å². The molecule has 1 aliphatic carbocycles. The smallest absolute Gasteiger partial charge is 0.185 e. The maximum Gasteiger partial charge on any atom is 0.185 e. The van der Waals surface area contributed by atoms with Crippen LogP contribution < -0.4 is 10.2 Å². The second-order valence-corrected chi connectivity index (χ2v) is 7.22. The minimum absolute atomic E-state index is 0.402. The summed E-state index contributed by atoms with van der Waals surface area (Å²) in [5.74, 6) is 0. The number of fused-ring (bicyclic) bond motifs is 1. The van der Waals surface area contributed by atoms with Gasteiger partial charge >= 0.3 is 0 Å². The van der Waals surface area contributed by atoms with Crippen molar-refractivity contribution in [3.8, 4) is 0 Å². The molecule has 0 spiro atoms. The maximum atomic E-state index is 5.96. The van der Waals surface area contributed by atoms with Crippen LogP contribution in [0.3, 0.4) is 0 Å². The van der Waals surface area contributed by atoms with Gasteiger partial charge in [0.2, 0.25) is 0 Å². The summed E-state index contributed by atoms with van der Waals surface area (Å²) in [5.41, 5.74) is 0.